The minimum Gasteiger partial charge on any atom is -0.453 e. The van der Waals surface area contributed by atoms with Crippen LogP contribution >= 0.6 is 22.7 Å². The van der Waals surface area contributed by atoms with Crippen LogP contribution in [0, 0.1) is 11.8 Å². The summed E-state index contributed by atoms with van der Waals surface area (Å²) >= 11 is 3.10. The van der Waals surface area contributed by atoms with Gasteiger partial charge in [-0.05, 0) is 43.1 Å². The second kappa shape index (κ2) is 18.1. The second-order valence-electron chi connectivity index (χ2n) is 16.3. The monoisotopic (exact) mass is 878 g/mol. The van der Waals surface area contributed by atoms with E-state index in [1.54, 1.807) is 38.7 Å². The number of alkyl carbamates (subject to hydrolysis) is 2. The van der Waals surface area contributed by atoms with Crippen LogP contribution in [-0.2, 0) is 19.1 Å². The summed E-state index contributed by atoms with van der Waals surface area (Å²) in [5, 5.41) is 7.16. The first kappa shape index (κ1) is 42.5. The van der Waals surface area contributed by atoms with Crippen LogP contribution in [0.15, 0.2) is 60.9 Å². The highest BCUT2D eigenvalue weighted by molar-refractivity contribution is 7.29. The molecule has 8 rings (SSSR count). The summed E-state index contributed by atoms with van der Waals surface area (Å²) in [5.74, 6) is 0.936. The van der Waals surface area contributed by atoms with Gasteiger partial charge in [0, 0.05) is 36.0 Å². The maximum Gasteiger partial charge on any atom is 0.407 e. The molecule has 2 saturated heterocycles. The van der Waals surface area contributed by atoms with Gasteiger partial charge in [-0.15, -0.1) is 0 Å². The van der Waals surface area contributed by atoms with Crippen molar-refractivity contribution in [2.45, 2.75) is 77.5 Å². The Balaban J connectivity index is 0.908. The Labute approximate surface area is 366 Å². The van der Waals surface area contributed by atoms with Crippen LogP contribution in [0.25, 0.3) is 53.3 Å². The Morgan fingerprint density at radius 3 is 1.63 bits per heavy atom. The number of fused-ring (bicyclic) bond motifs is 1. The largest absolute Gasteiger partial charge is 0.453 e. The lowest BCUT2D eigenvalue weighted by atomic mass is 10.0. The Hall–Kier alpha value is -6.14. The van der Waals surface area contributed by atoms with E-state index < -0.39 is 24.3 Å². The van der Waals surface area contributed by atoms with E-state index in [-0.39, 0.29) is 35.7 Å². The summed E-state index contributed by atoms with van der Waals surface area (Å²) in [6.45, 7) is 8.78. The maximum atomic E-state index is 13.6. The molecule has 4 amide bonds. The summed E-state index contributed by atoms with van der Waals surface area (Å²) in [5.41, 5.74) is 5.50. The van der Waals surface area contributed by atoms with Crippen LogP contribution in [0.1, 0.15) is 77.1 Å². The zero-order valence-corrected chi connectivity index (χ0v) is 37.1. The van der Waals surface area contributed by atoms with Crippen molar-refractivity contribution in [3.05, 3.63) is 72.6 Å². The van der Waals surface area contributed by atoms with E-state index in [1.807, 2.05) is 82.4 Å². The van der Waals surface area contributed by atoms with Crippen molar-refractivity contribution in [2.75, 3.05) is 27.3 Å². The lowest BCUT2D eigenvalue weighted by Crippen LogP contribution is -2.51. The Bertz CT molecular complexity index is 2360. The Morgan fingerprint density at radius 1 is 0.677 bits per heavy atom. The van der Waals surface area contributed by atoms with Crippen molar-refractivity contribution >= 4 is 56.3 Å². The number of aromatic nitrogens is 6. The summed E-state index contributed by atoms with van der Waals surface area (Å²) in [4.78, 5) is 82.6. The third kappa shape index (κ3) is 8.66. The number of aromatic amines is 2. The fourth-order valence-corrected chi connectivity index (χ4v) is 10.2. The van der Waals surface area contributed by atoms with Crippen LogP contribution in [0.3, 0.4) is 0 Å². The van der Waals surface area contributed by atoms with Gasteiger partial charge in [0.25, 0.3) is 0 Å². The molecule has 0 saturated carbocycles. The number of hydrogen-bond donors (Lipinski definition) is 4. The van der Waals surface area contributed by atoms with Crippen molar-refractivity contribution < 1.29 is 28.7 Å². The molecule has 2 aliphatic rings. The molecule has 4 N–H and O–H groups in total. The number of benzene rings is 2. The number of carbonyl (C=O) groups excluding carboxylic acids is 4. The topological polar surface area (TPSA) is 200 Å². The normalized spacial score (nSPS) is 17.5. The van der Waals surface area contributed by atoms with E-state index in [2.05, 4.69) is 25.6 Å². The smallest absolute Gasteiger partial charge is 0.407 e. The Kier molecular flexibility index (Phi) is 12.4. The summed E-state index contributed by atoms with van der Waals surface area (Å²) in [6, 6.07) is 14.5. The average molecular weight is 879 g/mol. The number of hydrogen-bond acceptors (Lipinski definition) is 12. The quantitative estimate of drug-likeness (QED) is 0.0935. The lowest BCUT2D eigenvalue weighted by Gasteiger charge is -2.30. The highest BCUT2D eigenvalue weighted by atomic mass is 32.1. The van der Waals surface area contributed by atoms with Gasteiger partial charge in [-0.2, -0.15) is 0 Å². The van der Waals surface area contributed by atoms with E-state index in [4.69, 9.17) is 24.4 Å². The average Bonchev–Trinajstić information content (AvgIpc) is 4.13. The number of thiazole rings is 2. The van der Waals surface area contributed by atoms with Crippen LogP contribution in [0.4, 0.5) is 9.59 Å². The fraction of sp³-hybridized carbons (Fsp3) is 0.409. The number of methoxy groups -OCH3 is 2. The molecule has 4 aromatic heterocycles. The molecule has 18 heteroatoms. The minimum absolute atomic E-state index is 0.108. The highest BCUT2D eigenvalue weighted by Gasteiger charge is 2.39. The molecule has 16 nitrogen and oxygen atoms in total. The highest BCUT2D eigenvalue weighted by Crippen LogP contribution is 2.39. The van der Waals surface area contributed by atoms with Crippen molar-refractivity contribution in [2.24, 2.45) is 11.8 Å². The van der Waals surface area contributed by atoms with Crippen LogP contribution in [0.5, 0.6) is 0 Å². The molecule has 0 bridgehead atoms. The van der Waals surface area contributed by atoms with Crippen molar-refractivity contribution in [3.8, 4) is 43.7 Å². The number of carbonyl (C=O) groups is 4. The van der Waals surface area contributed by atoms with Gasteiger partial charge < -0.3 is 39.9 Å². The predicted octanol–water partition coefficient (Wildman–Crippen LogP) is 7.96. The first-order valence-electron chi connectivity index (χ1n) is 20.8. The number of nitrogens with one attached hydrogen (secondary N) is 4. The van der Waals surface area contributed by atoms with Gasteiger partial charge in [0.15, 0.2) is 9.66 Å². The zero-order valence-electron chi connectivity index (χ0n) is 35.4. The number of nitrogens with zero attached hydrogens (tertiary/aromatic N) is 6. The van der Waals surface area contributed by atoms with Gasteiger partial charge in [-0.1, -0.05) is 98.9 Å². The second-order valence-corrected chi connectivity index (χ2v) is 18.2. The van der Waals surface area contributed by atoms with Crippen LogP contribution in [0.2, 0.25) is 0 Å². The molecule has 0 aliphatic carbocycles. The molecule has 324 valence electrons. The fourth-order valence-electron chi connectivity index (χ4n) is 8.16. The molecule has 1 unspecified atom stereocenters. The molecular formula is C44H50N10O6S2. The molecule has 4 atom stereocenters. The third-order valence-corrected chi connectivity index (χ3v) is 13.7. The molecule has 0 radical (unpaired) electrons. The molecule has 2 aliphatic heterocycles. The van der Waals surface area contributed by atoms with Crippen molar-refractivity contribution in [1.29, 1.82) is 0 Å². The SMILES string of the molecule is COC(=O)N[C@H](C(=O)N1CCCC1c1nc(-c2ccc(-c3nc4sc(-c5ccc(-c6cnc([C@@H]7CCCN7C(=O)[C@@H](NC(=O)OC)C(C)C)[nH]6)cc5)nc4s3)cc2)c[nH]1)C(C)C. The van der Waals surface area contributed by atoms with E-state index in [0.717, 1.165) is 90.6 Å². The first-order chi connectivity index (χ1) is 29.9. The predicted molar refractivity (Wildman–Crippen MR) is 237 cm³/mol. The molecule has 62 heavy (non-hydrogen) atoms. The van der Waals surface area contributed by atoms with E-state index in [1.165, 1.54) is 14.2 Å². The zero-order chi connectivity index (χ0) is 43.7. The molecule has 0 spiro atoms. The van der Waals surface area contributed by atoms with Gasteiger partial charge in [-0.25, -0.2) is 29.5 Å². The first-order valence-corrected chi connectivity index (χ1v) is 22.4. The minimum atomic E-state index is -0.691. The molecular weight excluding hydrogens is 829 g/mol. The van der Waals surface area contributed by atoms with Gasteiger partial charge in [-0.3, -0.25) is 9.59 Å². The molecule has 6 aromatic rings. The van der Waals surface area contributed by atoms with Gasteiger partial charge in [0.2, 0.25) is 11.8 Å². The van der Waals surface area contributed by atoms with E-state index in [0.29, 0.717) is 13.1 Å². The third-order valence-electron chi connectivity index (χ3n) is 11.5. The van der Waals surface area contributed by atoms with Gasteiger partial charge in [0.1, 0.15) is 33.7 Å². The van der Waals surface area contributed by atoms with Crippen LogP contribution < -0.4 is 10.6 Å². The summed E-state index contributed by atoms with van der Waals surface area (Å²) < 4.78 is 9.52. The standard InChI is InChI=1S/C44H50N10O6S2/c1-23(2)33(49-43(57)59-5)41(55)53-19-7-9-31(53)35-45-21-29(47-35)25-11-15-27(16-12-25)37-51-39-40(61-37)52-38(62-39)28-17-13-26(14-18-28)30-22-46-36(48-30)32-10-8-20-54(32)42(56)34(24(3)4)50-44(58)60-6/h11-18,21-24,31-34H,7-10,19-20H2,1-6H3,(H,45,47)(H,46,48)(H,49,57)(H,50,58)/t31-,32?,33-,34-/m0/s1. The molecule has 2 fully saturated rings. The maximum absolute atomic E-state index is 13.6. The molecule has 2 aromatic carbocycles. The summed E-state index contributed by atoms with van der Waals surface area (Å²) in [7, 11) is 2.58. The van der Waals surface area contributed by atoms with E-state index in [9.17, 15) is 19.2 Å². The number of likely N-dealkylation sites (tertiary alicyclic amines) is 2. The van der Waals surface area contributed by atoms with Crippen LogP contribution in [-0.4, -0.2) is 103 Å². The van der Waals surface area contributed by atoms with Gasteiger partial charge >= 0.3 is 12.2 Å². The number of rotatable bonds is 12. The summed E-state index contributed by atoms with van der Waals surface area (Å²) in [6.07, 6.45) is 5.66. The number of imidazole rings is 2. The van der Waals surface area contributed by atoms with Gasteiger partial charge in [0.05, 0.1) is 43.9 Å². The van der Waals surface area contributed by atoms with Crippen molar-refractivity contribution in [3.63, 3.8) is 0 Å². The number of amides is 4. The molecule has 6 heterocycles. The number of ether oxygens (including phenoxy) is 2. The Morgan fingerprint density at radius 2 is 1.15 bits per heavy atom. The van der Waals surface area contributed by atoms with E-state index >= 15 is 0 Å². The lowest BCUT2D eigenvalue weighted by molar-refractivity contribution is -0.136. The number of H-pyrrole nitrogens is 2. The van der Waals surface area contributed by atoms with Crippen molar-refractivity contribution in [1.82, 2.24) is 50.3 Å².